The Labute approximate surface area is 130 Å². The van der Waals surface area contributed by atoms with Crippen molar-refractivity contribution in [1.29, 1.82) is 0 Å². The molecule has 4 saturated carbocycles. The highest BCUT2D eigenvalue weighted by atomic mass is 16.3. The van der Waals surface area contributed by atoms with Crippen LogP contribution in [0, 0.1) is 34.5 Å². The Hall–Kier alpha value is -0.300. The highest BCUT2D eigenvalue weighted by molar-refractivity contribution is 5.16. The van der Waals surface area contributed by atoms with Crippen molar-refractivity contribution >= 4 is 0 Å². The summed E-state index contributed by atoms with van der Waals surface area (Å²) in [5.74, 6) is 3.57. The number of hydrogen-bond donors (Lipinski definition) is 1. The molecular weight excluding hydrogens is 256 g/mol. The zero-order chi connectivity index (χ0) is 14.8. The second-order valence-electron chi connectivity index (χ2n) is 9.41. The van der Waals surface area contributed by atoms with Gasteiger partial charge in [-0.15, -0.1) is 0 Å². The lowest BCUT2D eigenvalue weighted by molar-refractivity contribution is -0.120. The summed E-state index contributed by atoms with van der Waals surface area (Å²) < 4.78 is 0. The molecule has 0 unspecified atom stereocenters. The zero-order valence-electron chi connectivity index (χ0n) is 13.9. The molecule has 0 aromatic rings. The van der Waals surface area contributed by atoms with E-state index in [1.165, 1.54) is 50.5 Å². The van der Waals surface area contributed by atoms with Crippen LogP contribution in [0.3, 0.4) is 0 Å². The van der Waals surface area contributed by atoms with Crippen molar-refractivity contribution < 1.29 is 5.11 Å². The lowest BCUT2D eigenvalue weighted by Gasteiger charge is -2.60. The summed E-state index contributed by atoms with van der Waals surface area (Å²) >= 11 is 0. The quantitative estimate of drug-likeness (QED) is 0.626. The molecule has 0 radical (unpaired) electrons. The molecule has 0 aliphatic heterocycles. The first-order chi connectivity index (χ1) is 9.92. The van der Waals surface area contributed by atoms with Crippen LogP contribution in [0.4, 0.5) is 0 Å². The summed E-state index contributed by atoms with van der Waals surface area (Å²) in [5.41, 5.74) is 2.61. The lowest BCUT2D eigenvalue weighted by atomic mass is 9.45. The molecule has 7 atom stereocenters. The van der Waals surface area contributed by atoms with Gasteiger partial charge in [0.25, 0.3) is 0 Å². The molecule has 0 saturated heterocycles. The van der Waals surface area contributed by atoms with Crippen molar-refractivity contribution in [2.45, 2.75) is 77.7 Å². The zero-order valence-corrected chi connectivity index (χ0v) is 13.9. The Kier molecular flexibility index (Phi) is 3.13. The van der Waals surface area contributed by atoms with Gasteiger partial charge in [-0.05, 0) is 92.3 Å². The van der Waals surface area contributed by atoms with E-state index in [0.717, 1.165) is 36.5 Å². The SMILES string of the molecule is C=C1C[C@H]2[C@@H]3CC[C@@H]4C[C@H](O)CC[C@]4(C)[C@H]3CC[C@]2(C)C1. The number of aliphatic hydroxyl groups excluding tert-OH is 1. The number of allylic oxidation sites excluding steroid dienone is 1. The molecule has 0 spiro atoms. The molecule has 4 rings (SSSR count). The highest BCUT2D eigenvalue weighted by Gasteiger charge is 2.58. The molecule has 1 N–H and O–H groups in total. The van der Waals surface area contributed by atoms with E-state index in [4.69, 9.17) is 0 Å². The number of rotatable bonds is 0. The Morgan fingerprint density at radius 1 is 1.05 bits per heavy atom. The number of fused-ring (bicyclic) bond motifs is 5. The minimum Gasteiger partial charge on any atom is -0.393 e. The van der Waals surface area contributed by atoms with E-state index in [1.807, 2.05) is 0 Å². The van der Waals surface area contributed by atoms with Crippen LogP contribution in [0.15, 0.2) is 12.2 Å². The Balaban J connectivity index is 1.63. The molecule has 4 aliphatic rings. The highest BCUT2D eigenvalue weighted by Crippen LogP contribution is 2.66. The van der Waals surface area contributed by atoms with Crippen molar-refractivity contribution in [3.05, 3.63) is 12.2 Å². The summed E-state index contributed by atoms with van der Waals surface area (Å²) in [7, 11) is 0. The fourth-order valence-electron chi connectivity index (χ4n) is 7.20. The van der Waals surface area contributed by atoms with Gasteiger partial charge in [0.05, 0.1) is 6.10 Å². The molecule has 0 heterocycles. The summed E-state index contributed by atoms with van der Waals surface area (Å²) in [6.07, 6.45) is 11.6. The Morgan fingerprint density at radius 3 is 2.67 bits per heavy atom. The Bertz CT molecular complexity index is 455. The molecule has 4 fully saturated rings. The van der Waals surface area contributed by atoms with E-state index in [2.05, 4.69) is 20.4 Å². The molecule has 0 aromatic heterocycles. The van der Waals surface area contributed by atoms with Crippen LogP contribution < -0.4 is 0 Å². The third-order valence-electron chi connectivity index (χ3n) is 8.32. The van der Waals surface area contributed by atoms with Gasteiger partial charge in [0.2, 0.25) is 0 Å². The van der Waals surface area contributed by atoms with Crippen molar-refractivity contribution in [3.8, 4) is 0 Å². The summed E-state index contributed by atoms with van der Waals surface area (Å²) in [6, 6.07) is 0. The molecule has 21 heavy (non-hydrogen) atoms. The van der Waals surface area contributed by atoms with Gasteiger partial charge >= 0.3 is 0 Å². The maximum absolute atomic E-state index is 10.1. The molecule has 0 aromatic carbocycles. The van der Waals surface area contributed by atoms with Gasteiger partial charge < -0.3 is 5.11 Å². The second kappa shape index (κ2) is 4.60. The van der Waals surface area contributed by atoms with Gasteiger partial charge in [0, 0.05) is 0 Å². The predicted octanol–water partition coefficient (Wildman–Crippen LogP) is 4.95. The average molecular weight is 288 g/mol. The van der Waals surface area contributed by atoms with Gasteiger partial charge in [-0.1, -0.05) is 26.0 Å². The maximum Gasteiger partial charge on any atom is 0.0543 e. The van der Waals surface area contributed by atoms with Gasteiger partial charge in [0.15, 0.2) is 0 Å². The third-order valence-corrected chi connectivity index (χ3v) is 8.32. The largest absolute Gasteiger partial charge is 0.393 e. The minimum atomic E-state index is -0.0141. The molecular formula is C20H32O. The lowest BCUT2D eigenvalue weighted by Crippen LogP contribution is -2.53. The van der Waals surface area contributed by atoms with Crippen LogP contribution in [-0.4, -0.2) is 11.2 Å². The van der Waals surface area contributed by atoms with Crippen LogP contribution in [-0.2, 0) is 0 Å². The van der Waals surface area contributed by atoms with Crippen molar-refractivity contribution in [1.82, 2.24) is 0 Å². The van der Waals surface area contributed by atoms with E-state index >= 15 is 0 Å². The first kappa shape index (κ1) is 14.3. The smallest absolute Gasteiger partial charge is 0.0543 e. The van der Waals surface area contributed by atoms with E-state index in [9.17, 15) is 5.11 Å². The van der Waals surface area contributed by atoms with Gasteiger partial charge in [0.1, 0.15) is 0 Å². The molecule has 1 heteroatoms. The van der Waals surface area contributed by atoms with Crippen molar-refractivity contribution in [2.75, 3.05) is 0 Å². The number of aliphatic hydroxyl groups is 1. The maximum atomic E-state index is 10.1. The normalized spacial score (nSPS) is 56.5. The summed E-state index contributed by atoms with van der Waals surface area (Å²) in [6.45, 7) is 9.46. The molecule has 0 bridgehead atoms. The first-order valence-electron chi connectivity index (χ1n) is 9.27. The molecule has 4 aliphatic carbocycles. The van der Waals surface area contributed by atoms with Crippen molar-refractivity contribution in [3.63, 3.8) is 0 Å². The standard InChI is InChI=1S/C20H32O/c1-13-10-18-16-5-4-14-11-15(21)6-9-20(14,3)17(16)7-8-19(18,2)12-13/h14-18,21H,1,4-12H2,2-3H3/t14-,15-,16-,17+,18+,19-,20+/m1/s1. The Morgan fingerprint density at radius 2 is 1.86 bits per heavy atom. The van der Waals surface area contributed by atoms with Gasteiger partial charge in [-0.25, -0.2) is 0 Å². The van der Waals surface area contributed by atoms with Gasteiger partial charge in [-0.2, -0.15) is 0 Å². The number of hydrogen-bond acceptors (Lipinski definition) is 1. The van der Waals surface area contributed by atoms with E-state index in [1.54, 1.807) is 0 Å². The first-order valence-corrected chi connectivity index (χ1v) is 9.27. The van der Waals surface area contributed by atoms with Crippen LogP contribution in [0.1, 0.15) is 71.6 Å². The van der Waals surface area contributed by atoms with Crippen LogP contribution in [0.25, 0.3) is 0 Å². The average Bonchev–Trinajstić information content (AvgIpc) is 2.74. The second-order valence-corrected chi connectivity index (χ2v) is 9.41. The van der Waals surface area contributed by atoms with Gasteiger partial charge in [-0.3, -0.25) is 0 Å². The predicted molar refractivity (Wildman–Crippen MR) is 86.9 cm³/mol. The summed E-state index contributed by atoms with van der Waals surface area (Å²) in [5, 5.41) is 10.1. The molecule has 118 valence electrons. The summed E-state index contributed by atoms with van der Waals surface area (Å²) in [4.78, 5) is 0. The molecule has 1 nitrogen and oxygen atoms in total. The minimum absolute atomic E-state index is 0.0141. The molecule has 0 amide bonds. The van der Waals surface area contributed by atoms with Crippen LogP contribution in [0.2, 0.25) is 0 Å². The monoisotopic (exact) mass is 288 g/mol. The third kappa shape index (κ3) is 1.99. The van der Waals surface area contributed by atoms with Crippen LogP contribution >= 0.6 is 0 Å². The fraction of sp³-hybridized carbons (Fsp3) is 0.900. The van der Waals surface area contributed by atoms with E-state index < -0.39 is 0 Å². The van der Waals surface area contributed by atoms with Crippen LogP contribution in [0.5, 0.6) is 0 Å². The fourth-order valence-corrected chi connectivity index (χ4v) is 7.20. The topological polar surface area (TPSA) is 20.2 Å². The van der Waals surface area contributed by atoms with E-state index in [-0.39, 0.29) is 6.10 Å². The van der Waals surface area contributed by atoms with E-state index in [0.29, 0.717) is 10.8 Å². The van der Waals surface area contributed by atoms with Crippen molar-refractivity contribution in [2.24, 2.45) is 34.5 Å².